The predicted molar refractivity (Wildman–Crippen MR) is 82.2 cm³/mol. The Morgan fingerprint density at radius 1 is 1.30 bits per heavy atom. The first-order valence-electron chi connectivity index (χ1n) is 7.26. The molecule has 0 spiro atoms. The Bertz CT molecular complexity index is 713. The van der Waals surface area contributed by atoms with Gasteiger partial charge in [0, 0.05) is 44.2 Å². The molecule has 0 unspecified atom stereocenters. The number of rotatable bonds is 3. The molecule has 1 amide bonds. The number of aryl methyl sites for hydroxylation is 1. The van der Waals surface area contributed by atoms with Crippen LogP contribution in [0.25, 0.3) is 0 Å². The van der Waals surface area contributed by atoms with Gasteiger partial charge in [0.05, 0.1) is 16.9 Å². The van der Waals surface area contributed by atoms with Gasteiger partial charge in [-0.2, -0.15) is 0 Å². The molecule has 2 aromatic rings. The highest BCUT2D eigenvalue weighted by atomic mass is 32.1. The van der Waals surface area contributed by atoms with E-state index in [2.05, 4.69) is 14.9 Å². The van der Waals surface area contributed by atoms with Crippen molar-refractivity contribution in [3.8, 4) is 0 Å². The molecule has 1 saturated heterocycles. The smallest absolute Gasteiger partial charge is 0.275 e. The fourth-order valence-electron chi connectivity index (χ4n) is 2.54. The van der Waals surface area contributed by atoms with Gasteiger partial charge in [0.15, 0.2) is 11.5 Å². The van der Waals surface area contributed by atoms with Crippen molar-refractivity contribution >= 4 is 17.2 Å². The predicted octanol–water partition coefficient (Wildman–Crippen LogP) is 2.08. The number of thiazole rings is 1. The van der Waals surface area contributed by atoms with Crippen LogP contribution in [0, 0.1) is 18.6 Å². The maximum Gasteiger partial charge on any atom is 0.275 e. The van der Waals surface area contributed by atoms with E-state index in [1.165, 1.54) is 0 Å². The van der Waals surface area contributed by atoms with Gasteiger partial charge in [-0.25, -0.2) is 18.7 Å². The summed E-state index contributed by atoms with van der Waals surface area (Å²) in [5.41, 5.74) is 0.702. The highest BCUT2D eigenvalue weighted by Gasteiger charge is 2.25. The number of hydrogen-bond acceptors (Lipinski definition) is 5. The summed E-state index contributed by atoms with van der Waals surface area (Å²) < 4.78 is 26.5. The summed E-state index contributed by atoms with van der Waals surface area (Å²) in [7, 11) is 0. The van der Waals surface area contributed by atoms with Gasteiger partial charge in [-0.1, -0.05) is 0 Å². The fraction of sp³-hybridized carbons (Fsp3) is 0.400. The summed E-state index contributed by atoms with van der Waals surface area (Å²) >= 11 is 1.62. The molecule has 1 aliphatic rings. The first kappa shape index (κ1) is 15.9. The molecule has 0 saturated carbocycles. The zero-order chi connectivity index (χ0) is 16.4. The van der Waals surface area contributed by atoms with Crippen LogP contribution in [0.1, 0.15) is 21.2 Å². The Hall–Kier alpha value is -1.93. The van der Waals surface area contributed by atoms with Crippen LogP contribution in [0.5, 0.6) is 0 Å². The summed E-state index contributed by atoms with van der Waals surface area (Å²) in [6.07, 6.45) is 0.858. The lowest BCUT2D eigenvalue weighted by Crippen LogP contribution is -2.48. The van der Waals surface area contributed by atoms with Crippen molar-refractivity contribution in [3.63, 3.8) is 0 Å². The molecular formula is C15H16F2N4OS. The third-order valence-electron chi connectivity index (χ3n) is 3.72. The van der Waals surface area contributed by atoms with Gasteiger partial charge in [-0.15, -0.1) is 11.3 Å². The van der Waals surface area contributed by atoms with Crippen LogP contribution in [0.4, 0.5) is 8.78 Å². The van der Waals surface area contributed by atoms with Crippen molar-refractivity contribution in [2.24, 2.45) is 0 Å². The molecule has 1 fully saturated rings. The van der Waals surface area contributed by atoms with Crippen LogP contribution in [0.3, 0.4) is 0 Å². The maximum atomic E-state index is 13.7. The Morgan fingerprint density at radius 2 is 2.04 bits per heavy atom. The third-order valence-corrected chi connectivity index (χ3v) is 4.54. The minimum atomic E-state index is -0.921. The number of carbonyl (C=O) groups excluding carboxylic acids is 1. The van der Waals surface area contributed by atoms with Crippen molar-refractivity contribution in [2.45, 2.75) is 13.5 Å². The molecule has 122 valence electrons. The van der Waals surface area contributed by atoms with Crippen molar-refractivity contribution in [1.82, 2.24) is 19.8 Å². The van der Waals surface area contributed by atoms with Crippen LogP contribution in [0.2, 0.25) is 0 Å². The molecule has 0 aliphatic carbocycles. The average molecular weight is 338 g/mol. The molecule has 3 heterocycles. The van der Waals surface area contributed by atoms with Crippen molar-refractivity contribution in [3.05, 3.63) is 45.7 Å². The first-order chi connectivity index (χ1) is 11.0. The highest BCUT2D eigenvalue weighted by molar-refractivity contribution is 7.09. The van der Waals surface area contributed by atoms with Crippen LogP contribution in [-0.2, 0) is 6.54 Å². The number of carbonyl (C=O) groups is 1. The normalized spacial score (nSPS) is 15.9. The SMILES string of the molecule is Cc1nc(CN2CCN(C(=O)c3ncc(F)cc3F)CC2)cs1. The lowest BCUT2D eigenvalue weighted by atomic mass is 10.2. The number of nitrogens with zero attached hydrogens (tertiary/aromatic N) is 4. The van der Waals surface area contributed by atoms with E-state index in [0.29, 0.717) is 32.2 Å². The highest BCUT2D eigenvalue weighted by Crippen LogP contribution is 2.14. The van der Waals surface area contributed by atoms with Crippen LogP contribution < -0.4 is 0 Å². The summed E-state index contributed by atoms with van der Waals surface area (Å²) in [6, 6.07) is 0.682. The number of aromatic nitrogens is 2. The second kappa shape index (κ2) is 6.67. The molecule has 0 N–H and O–H groups in total. The standard InChI is InChI=1S/C15H16F2N4OS/c1-10-19-12(9-23-10)8-20-2-4-21(5-3-20)15(22)14-13(17)6-11(16)7-18-14/h6-7,9H,2-5,8H2,1H3. The topological polar surface area (TPSA) is 49.3 Å². The number of halogens is 2. The molecule has 2 aromatic heterocycles. The molecule has 1 aliphatic heterocycles. The lowest BCUT2D eigenvalue weighted by Gasteiger charge is -2.34. The maximum absolute atomic E-state index is 13.7. The lowest BCUT2D eigenvalue weighted by molar-refractivity contribution is 0.0616. The first-order valence-corrected chi connectivity index (χ1v) is 8.14. The number of piperazine rings is 1. The van der Waals surface area contributed by atoms with Crippen molar-refractivity contribution in [1.29, 1.82) is 0 Å². The molecule has 0 aromatic carbocycles. The van der Waals surface area contributed by atoms with E-state index in [1.54, 1.807) is 16.2 Å². The van der Waals surface area contributed by atoms with Crippen molar-refractivity contribution < 1.29 is 13.6 Å². The minimum absolute atomic E-state index is 0.324. The molecule has 3 rings (SSSR count). The van der Waals surface area contributed by atoms with Gasteiger partial charge in [0.1, 0.15) is 5.82 Å². The molecule has 5 nitrogen and oxygen atoms in total. The molecule has 23 heavy (non-hydrogen) atoms. The van der Waals surface area contributed by atoms with Gasteiger partial charge < -0.3 is 4.90 Å². The van der Waals surface area contributed by atoms with E-state index < -0.39 is 17.5 Å². The average Bonchev–Trinajstić information content (AvgIpc) is 2.92. The molecule has 8 heteroatoms. The third kappa shape index (κ3) is 3.70. The quantitative estimate of drug-likeness (QED) is 0.860. The molecular weight excluding hydrogens is 322 g/mol. The van der Waals surface area contributed by atoms with E-state index in [1.807, 2.05) is 12.3 Å². The van der Waals surface area contributed by atoms with Gasteiger partial charge in [0.2, 0.25) is 0 Å². The van der Waals surface area contributed by atoms with Gasteiger partial charge in [-0.05, 0) is 6.92 Å². The van der Waals surface area contributed by atoms with Gasteiger partial charge in [0.25, 0.3) is 5.91 Å². The van der Waals surface area contributed by atoms with Crippen LogP contribution in [0.15, 0.2) is 17.6 Å². The minimum Gasteiger partial charge on any atom is -0.335 e. The van der Waals surface area contributed by atoms with Gasteiger partial charge >= 0.3 is 0 Å². The van der Waals surface area contributed by atoms with Gasteiger partial charge in [-0.3, -0.25) is 9.69 Å². The molecule has 0 atom stereocenters. The zero-order valence-corrected chi connectivity index (χ0v) is 13.4. The van der Waals surface area contributed by atoms with Crippen LogP contribution in [-0.4, -0.2) is 51.9 Å². The fourth-order valence-corrected chi connectivity index (χ4v) is 3.14. The monoisotopic (exact) mass is 338 g/mol. The number of hydrogen-bond donors (Lipinski definition) is 0. The Labute approximate surface area is 136 Å². The second-order valence-corrected chi connectivity index (χ2v) is 6.47. The van der Waals surface area contributed by atoms with E-state index in [9.17, 15) is 13.6 Å². The van der Waals surface area contributed by atoms with E-state index >= 15 is 0 Å². The molecule has 0 radical (unpaired) electrons. The van der Waals surface area contributed by atoms with E-state index in [-0.39, 0.29) is 5.69 Å². The Morgan fingerprint density at radius 3 is 2.65 bits per heavy atom. The summed E-state index contributed by atoms with van der Waals surface area (Å²) in [4.78, 5) is 24.0. The largest absolute Gasteiger partial charge is 0.335 e. The van der Waals surface area contributed by atoms with E-state index in [4.69, 9.17) is 0 Å². The summed E-state index contributed by atoms with van der Waals surface area (Å²) in [5, 5.41) is 3.07. The number of pyridine rings is 1. The van der Waals surface area contributed by atoms with E-state index in [0.717, 1.165) is 23.4 Å². The zero-order valence-electron chi connectivity index (χ0n) is 12.6. The summed E-state index contributed by atoms with van der Waals surface area (Å²) in [6.45, 7) is 5.06. The Kier molecular flexibility index (Phi) is 4.63. The van der Waals surface area contributed by atoms with Crippen LogP contribution >= 0.6 is 11.3 Å². The summed E-state index contributed by atoms with van der Waals surface area (Å²) in [5.74, 6) is -2.20. The molecule has 0 bridgehead atoms. The van der Waals surface area contributed by atoms with Crippen molar-refractivity contribution in [2.75, 3.05) is 26.2 Å². The second-order valence-electron chi connectivity index (χ2n) is 5.41. The Balaban J connectivity index is 1.59. The number of amides is 1.